The molecule has 146 valence electrons. The molecule has 0 fully saturated rings. The van der Waals surface area contributed by atoms with Gasteiger partial charge in [0.15, 0.2) is 0 Å². The minimum Gasteiger partial charge on any atom is -0.462 e. The number of thiophene rings is 1. The van der Waals surface area contributed by atoms with Crippen LogP contribution in [0.2, 0.25) is 0 Å². The van der Waals surface area contributed by atoms with Gasteiger partial charge in [-0.2, -0.15) is 0 Å². The first-order chi connectivity index (χ1) is 14.2. The van der Waals surface area contributed by atoms with E-state index in [0.29, 0.717) is 16.3 Å². The fraction of sp³-hybridized carbons (Fsp3) is 0.136. The first kappa shape index (κ1) is 18.9. The van der Waals surface area contributed by atoms with Gasteiger partial charge in [-0.15, -0.1) is 11.3 Å². The van der Waals surface area contributed by atoms with E-state index in [1.54, 1.807) is 6.92 Å². The number of nitrogens with zero attached hydrogens (tertiary/aromatic N) is 2. The van der Waals surface area contributed by atoms with Gasteiger partial charge < -0.3 is 14.5 Å². The first-order valence-corrected chi connectivity index (χ1v) is 10.1. The van der Waals surface area contributed by atoms with E-state index in [4.69, 9.17) is 4.74 Å². The van der Waals surface area contributed by atoms with Crippen LogP contribution in [0.15, 0.2) is 66.3 Å². The van der Waals surface area contributed by atoms with E-state index in [9.17, 15) is 9.59 Å². The standard InChI is InChI=1S/C22H19N3O3S/c1-2-28-22(27)20-17(15-8-4-3-5-9-15)14-29-21(20)24-19(26)12-16-13-25-11-7-6-10-18(25)23-16/h3-11,13-14H,2,12H2,1H3,(H,24,26). The fourth-order valence-corrected chi connectivity index (χ4v) is 4.07. The molecule has 0 aliphatic heterocycles. The minimum absolute atomic E-state index is 0.114. The molecule has 0 aliphatic carbocycles. The number of carbonyl (C=O) groups is 2. The Hall–Kier alpha value is -3.45. The summed E-state index contributed by atoms with van der Waals surface area (Å²) in [6.07, 6.45) is 3.82. The number of fused-ring (bicyclic) bond motifs is 1. The van der Waals surface area contributed by atoms with Crippen molar-refractivity contribution in [1.29, 1.82) is 0 Å². The van der Waals surface area contributed by atoms with Gasteiger partial charge >= 0.3 is 5.97 Å². The summed E-state index contributed by atoms with van der Waals surface area (Å²) in [5.74, 6) is -0.684. The van der Waals surface area contributed by atoms with E-state index < -0.39 is 5.97 Å². The van der Waals surface area contributed by atoms with Crippen LogP contribution in [-0.4, -0.2) is 27.9 Å². The third-order valence-electron chi connectivity index (χ3n) is 4.36. The third kappa shape index (κ3) is 4.05. The SMILES string of the molecule is CCOC(=O)c1c(-c2ccccc2)csc1NC(=O)Cc1cn2ccccc2n1. The lowest BCUT2D eigenvalue weighted by molar-refractivity contribution is -0.115. The Balaban J connectivity index is 1.59. The fourth-order valence-electron chi connectivity index (χ4n) is 3.09. The number of rotatable bonds is 6. The summed E-state index contributed by atoms with van der Waals surface area (Å²) >= 11 is 1.31. The molecular formula is C22H19N3O3S. The zero-order valence-corrected chi connectivity index (χ0v) is 16.6. The number of anilines is 1. The van der Waals surface area contributed by atoms with E-state index in [2.05, 4.69) is 10.3 Å². The quantitative estimate of drug-likeness (QED) is 0.482. The number of esters is 1. The molecule has 0 aliphatic rings. The van der Waals surface area contributed by atoms with E-state index in [1.165, 1.54) is 11.3 Å². The predicted octanol–water partition coefficient (Wildman–Crippen LogP) is 4.42. The van der Waals surface area contributed by atoms with Crippen molar-refractivity contribution in [3.05, 3.63) is 77.6 Å². The Morgan fingerprint density at radius 3 is 2.69 bits per heavy atom. The van der Waals surface area contributed by atoms with Gasteiger partial charge in [-0.25, -0.2) is 9.78 Å². The van der Waals surface area contributed by atoms with Gasteiger partial charge in [0.25, 0.3) is 0 Å². The van der Waals surface area contributed by atoms with Crippen LogP contribution in [-0.2, 0) is 16.0 Å². The molecule has 3 aromatic heterocycles. The first-order valence-electron chi connectivity index (χ1n) is 9.22. The lowest BCUT2D eigenvalue weighted by Crippen LogP contribution is -2.16. The summed E-state index contributed by atoms with van der Waals surface area (Å²) in [6.45, 7) is 2.02. The molecule has 3 heterocycles. The highest BCUT2D eigenvalue weighted by Gasteiger charge is 2.23. The van der Waals surface area contributed by atoms with Gasteiger partial charge in [0.2, 0.25) is 5.91 Å². The molecule has 0 atom stereocenters. The number of hydrogen-bond acceptors (Lipinski definition) is 5. The van der Waals surface area contributed by atoms with Crippen LogP contribution in [0.1, 0.15) is 23.0 Å². The Bertz CT molecular complexity index is 1130. The third-order valence-corrected chi connectivity index (χ3v) is 5.26. The summed E-state index contributed by atoms with van der Waals surface area (Å²) in [5, 5.41) is 5.21. The molecule has 1 N–H and O–H groups in total. The number of imidazole rings is 1. The van der Waals surface area contributed by atoms with E-state index in [-0.39, 0.29) is 18.9 Å². The Morgan fingerprint density at radius 2 is 1.93 bits per heavy atom. The maximum absolute atomic E-state index is 12.6. The topological polar surface area (TPSA) is 72.7 Å². The van der Waals surface area contributed by atoms with Crippen LogP contribution in [0.5, 0.6) is 0 Å². The molecule has 1 amide bonds. The highest BCUT2D eigenvalue weighted by atomic mass is 32.1. The molecule has 0 spiro atoms. The van der Waals surface area contributed by atoms with Gasteiger partial charge in [0.05, 0.1) is 18.7 Å². The van der Waals surface area contributed by atoms with Crippen molar-refractivity contribution in [2.24, 2.45) is 0 Å². The number of amides is 1. The maximum Gasteiger partial charge on any atom is 0.341 e. The number of benzene rings is 1. The Morgan fingerprint density at radius 1 is 1.14 bits per heavy atom. The van der Waals surface area contributed by atoms with Crippen molar-refractivity contribution in [2.75, 3.05) is 11.9 Å². The predicted molar refractivity (Wildman–Crippen MR) is 113 cm³/mol. The van der Waals surface area contributed by atoms with Crippen LogP contribution < -0.4 is 5.32 Å². The number of nitrogens with one attached hydrogen (secondary N) is 1. The largest absolute Gasteiger partial charge is 0.462 e. The summed E-state index contributed by atoms with van der Waals surface area (Å²) in [6, 6.07) is 15.3. The van der Waals surface area contributed by atoms with E-state index in [0.717, 1.165) is 16.8 Å². The van der Waals surface area contributed by atoms with Crippen molar-refractivity contribution in [3.8, 4) is 11.1 Å². The second-order valence-electron chi connectivity index (χ2n) is 6.36. The molecule has 4 aromatic rings. The summed E-state index contributed by atoms with van der Waals surface area (Å²) < 4.78 is 7.10. The average molecular weight is 405 g/mol. The second-order valence-corrected chi connectivity index (χ2v) is 7.24. The van der Waals surface area contributed by atoms with E-state index in [1.807, 2.05) is 70.7 Å². The highest BCUT2D eigenvalue weighted by Crippen LogP contribution is 2.36. The number of pyridine rings is 1. The van der Waals surface area contributed by atoms with Crippen LogP contribution in [0.3, 0.4) is 0 Å². The molecule has 0 unspecified atom stereocenters. The number of hydrogen-bond donors (Lipinski definition) is 1. The monoisotopic (exact) mass is 405 g/mol. The summed E-state index contributed by atoms with van der Waals surface area (Å²) in [5.41, 5.74) is 3.47. The molecule has 1 aromatic carbocycles. The molecule has 0 saturated heterocycles. The van der Waals surface area contributed by atoms with Crippen LogP contribution in [0, 0.1) is 0 Å². The van der Waals surface area contributed by atoms with E-state index >= 15 is 0 Å². The average Bonchev–Trinajstić information content (AvgIpc) is 3.32. The normalized spacial score (nSPS) is 10.8. The van der Waals surface area contributed by atoms with Crippen LogP contribution in [0.4, 0.5) is 5.00 Å². The minimum atomic E-state index is -0.448. The van der Waals surface area contributed by atoms with Gasteiger partial charge in [-0.05, 0) is 24.6 Å². The summed E-state index contributed by atoms with van der Waals surface area (Å²) in [7, 11) is 0. The number of ether oxygens (including phenoxy) is 1. The molecule has 6 nitrogen and oxygen atoms in total. The van der Waals surface area contributed by atoms with Crippen molar-refractivity contribution in [2.45, 2.75) is 13.3 Å². The second kappa shape index (κ2) is 8.28. The van der Waals surface area contributed by atoms with Crippen molar-refractivity contribution in [1.82, 2.24) is 9.38 Å². The van der Waals surface area contributed by atoms with Crippen molar-refractivity contribution >= 4 is 33.9 Å². The lowest BCUT2D eigenvalue weighted by Gasteiger charge is -2.08. The highest BCUT2D eigenvalue weighted by molar-refractivity contribution is 7.15. The van der Waals surface area contributed by atoms with Crippen LogP contribution >= 0.6 is 11.3 Å². The lowest BCUT2D eigenvalue weighted by atomic mass is 10.0. The zero-order chi connectivity index (χ0) is 20.2. The van der Waals surface area contributed by atoms with Crippen LogP contribution in [0.25, 0.3) is 16.8 Å². The molecular weight excluding hydrogens is 386 g/mol. The van der Waals surface area contributed by atoms with Gasteiger partial charge in [0, 0.05) is 23.3 Å². The maximum atomic E-state index is 12.6. The van der Waals surface area contributed by atoms with Crippen molar-refractivity contribution in [3.63, 3.8) is 0 Å². The zero-order valence-electron chi connectivity index (χ0n) is 15.8. The Labute approximate surface area is 171 Å². The van der Waals surface area contributed by atoms with Crippen molar-refractivity contribution < 1.29 is 14.3 Å². The van der Waals surface area contributed by atoms with Gasteiger partial charge in [0.1, 0.15) is 16.2 Å². The van der Waals surface area contributed by atoms with Gasteiger partial charge in [-0.1, -0.05) is 36.4 Å². The Kier molecular flexibility index (Phi) is 5.39. The number of carbonyl (C=O) groups excluding carboxylic acids is 2. The molecule has 29 heavy (non-hydrogen) atoms. The molecule has 0 bridgehead atoms. The molecule has 4 rings (SSSR count). The smallest absolute Gasteiger partial charge is 0.341 e. The van der Waals surface area contributed by atoms with Gasteiger partial charge in [-0.3, -0.25) is 4.79 Å². The molecule has 7 heteroatoms. The molecule has 0 radical (unpaired) electrons. The number of aromatic nitrogens is 2. The summed E-state index contributed by atoms with van der Waals surface area (Å²) in [4.78, 5) is 29.7. The molecule has 0 saturated carbocycles.